The molecule has 0 aliphatic carbocycles. The molecule has 3 N–H and O–H groups in total. The first kappa shape index (κ1) is 14.4. The number of quaternary nitrogens is 1. The third-order valence-electron chi connectivity index (χ3n) is 2.65. The summed E-state index contributed by atoms with van der Waals surface area (Å²) in [6.07, 6.45) is 2.19. The molecule has 1 rings (SSSR count). The number of esters is 1. The summed E-state index contributed by atoms with van der Waals surface area (Å²) < 4.78 is 10.4. The standard InChI is InChI=1S/C13H18N2O3/c1-4-17-12(16)9(7-14)5-10-8-18-13(2,3)6-11(10)15/h5H,4,6,8,15H2,1-3H3/p+1. The zero-order valence-corrected chi connectivity index (χ0v) is 11.1. The second-order valence-electron chi connectivity index (χ2n) is 4.74. The van der Waals surface area contributed by atoms with Crippen LogP contribution in [0.5, 0.6) is 0 Å². The molecule has 0 spiro atoms. The van der Waals surface area contributed by atoms with E-state index in [0.29, 0.717) is 13.0 Å². The lowest BCUT2D eigenvalue weighted by molar-refractivity contribution is -0.318. The minimum absolute atomic E-state index is 0.0173. The van der Waals surface area contributed by atoms with Crippen molar-refractivity contribution in [3.05, 3.63) is 22.9 Å². The van der Waals surface area contributed by atoms with E-state index in [-0.39, 0.29) is 17.8 Å². The predicted octanol–water partition coefficient (Wildman–Crippen LogP) is 0.694. The average Bonchev–Trinajstić information content (AvgIpc) is 2.27. The van der Waals surface area contributed by atoms with E-state index in [1.54, 1.807) is 6.92 Å². The van der Waals surface area contributed by atoms with E-state index in [1.807, 2.05) is 19.9 Å². The SMILES string of the molecule is CCOC(=O)C(C#N)=CC1=C([NH3+])CC(C)(C)OC1. The fraction of sp³-hybridized carbons (Fsp3) is 0.538. The summed E-state index contributed by atoms with van der Waals surface area (Å²) in [4.78, 5) is 11.5. The topological polar surface area (TPSA) is 87.0 Å². The molecular formula is C13H19N2O3+. The van der Waals surface area contributed by atoms with Crippen LogP contribution in [0.3, 0.4) is 0 Å². The van der Waals surface area contributed by atoms with Crippen molar-refractivity contribution in [1.82, 2.24) is 0 Å². The molecule has 1 heterocycles. The lowest BCUT2D eigenvalue weighted by Crippen LogP contribution is -2.53. The molecule has 0 bridgehead atoms. The van der Waals surface area contributed by atoms with Crippen LogP contribution in [0, 0.1) is 11.3 Å². The van der Waals surface area contributed by atoms with Gasteiger partial charge in [0.2, 0.25) is 0 Å². The number of hydrogen-bond acceptors (Lipinski definition) is 4. The molecule has 0 atom stereocenters. The molecule has 0 aromatic rings. The van der Waals surface area contributed by atoms with Crippen LogP contribution in [-0.2, 0) is 14.3 Å². The van der Waals surface area contributed by atoms with Crippen LogP contribution in [0.25, 0.3) is 0 Å². The highest BCUT2D eigenvalue weighted by Gasteiger charge is 2.28. The van der Waals surface area contributed by atoms with E-state index in [2.05, 4.69) is 5.73 Å². The quantitative estimate of drug-likeness (QED) is 0.454. The number of hydrogen-bond donors (Lipinski definition) is 1. The normalized spacial score (nSPS) is 19.4. The number of nitriles is 1. The number of ether oxygens (including phenoxy) is 2. The zero-order chi connectivity index (χ0) is 13.8. The first-order valence-corrected chi connectivity index (χ1v) is 5.86. The minimum atomic E-state index is -0.606. The van der Waals surface area contributed by atoms with Gasteiger partial charge in [-0.2, -0.15) is 5.26 Å². The summed E-state index contributed by atoms with van der Waals surface area (Å²) in [6.45, 7) is 6.27. The Morgan fingerprint density at radius 2 is 2.33 bits per heavy atom. The van der Waals surface area contributed by atoms with Crippen molar-refractivity contribution >= 4 is 5.97 Å². The molecule has 0 amide bonds. The van der Waals surface area contributed by atoms with Gasteiger partial charge in [-0.3, -0.25) is 0 Å². The summed E-state index contributed by atoms with van der Waals surface area (Å²) in [5.74, 6) is -0.606. The molecule has 0 fully saturated rings. The van der Waals surface area contributed by atoms with Crippen molar-refractivity contribution in [1.29, 1.82) is 5.26 Å². The van der Waals surface area contributed by atoms with Crippen LogP contribution in [0.2, 0.25) is 0 Å². The molecule has 0 radical (unpaired) electrons. The van der Waals surface area contributed by atoms with E-state index in [1.165, 1.54) is 6.08 Å². The summed E-state index contributed by atoms with van der Waals surface area (Å²) >= 11 is 0. The third kappa shape index (κ3) is 3.69. The highest BCUT2D eigenvalue weighted by Crippen LogP contribution is 2.26. The van der Waals surface area contributed by atoms with E-state index in [0.717, 1.165) is 11.3 Å². The maximum atomic E-state index is 11.5. The lowest BCUT2D eigenvalue weighted by Gasteiger charge is -2.29. The zero-order valence-electron chi connectivity index (χ0n) is 11.1. The maximum absolute atomic E-state index is 11.5. The van der Waals surface area contributed by atoms with Crippen LogP contribution < -0.4 is 5.73 Å². The highest BCUT2D eigenvalue weighted by atomic mass is 16.5. The number of carbonyl (C=O) groups is 1. The van der Waals surface area contributed by atoms with Gasteiger partial charge in [-0.15, -0.1) is 0 Å². The molecule has 0 saturated heterocycles. The van der Waals surface area contributed by atoms with Crippen molar-refractivity contribution in [2.45, 2.75) is 32.8 Å². The van der Waals surface area contributed by atoms with Crippen LogP contribution in [0.1, 0.15) is 27.2 Å². The van der Waals surface area contributed by atoms with Crippen molar-refractivity contribution in [3.63, 3.8) is 0 Å². The molecule has 0 saturated carbocycles. The summed E-state index contributed by atoms with van der Waals surface area (Å²) in [7, 11) is 0. The number of nitrogens with zero attached hydrogens (tertiary/aromatic N) is 1. The van der Waals surface area contributed by atoms with Gasteiger partial charge in [0.15, 0.2) is 0 Å². The Balaban J connectivity index is 2.94. The van der Waals surface area contributed by atoms with Gasteiger partial charge in [-0.25, -0.2) is 4.79 Å². The molecule has 1 aliphatic rings. The first-order chi connectivity index (χ1) is 8.39. The van der Waals surface area contributed by atoms with Gasteiger partial charge in [0.25, 0.3) is 0 Å². The van der Waals surface area contributed by atoms with Gasteiger partial charge in [-0.1, -0.05) is 0 Å². The van der Waals surface area contributed by atoms with E-state index >= 15 is 0 Å². The summed E-state index contributed by atoms with van der Waals surface area (Å²) in [6, 6.07) is 1.84. The Morgan fingerprint density at radius 3 is 2.83 bits per heavy atom. The van der Waals surface area contributed by atoms with E-state index in [9.17, 15) is 4.79 Å². The molecule has 1 aliphatic heterocycles. The fourth-order valence-corrected chi connectivity index (χ4v) is 1.72. The molecule has 5 nitrogen and oxygen atoms in total. The minimum Gasteiger partial charge on any atom is -0.462 e. The second-order valence-corrected chi connectivity index (χ2v) is 4.74. The van der Waals surface area contributed by atoms with Crippen LogP contribution >= 0.6 is 0 Å². The van der Waals surface area contributed by atoms with Crippen molar-refractivity contribution in [2.75, 3.05) is 13.2 Å². The molecule has 98 valence electrons. The van der Waals surface area contributed by atoms with Gasteiger partial charge >= 0.3 is 5.97 Å². The van der Waals surface area contributed by atoms with Gasteiger partial charge in [0.1, 0.15) is 17.3 Å². The molecule has 18 heavy (non-hydrogen) atoms. The second kappa shape index (κ2) is 5.80. The van der Waals surface area contributed by atoms with Crippen molar-refractivity contribution < 1.29 is 20.0 Å². The van der Waals surface area contributed by atoms with Crippen LogP contribution in [-0.4, -0.2) is 24.8 Å². The summed E-state index contributed by atoms with van der Waals surface area (Å²) in [5, 5.41) is 8.94. The van der Waals surface area contributed by atoms with Gasteiger partial charge in [0, 0.05) is 5.57 Å². The summed E-state index contributed by atoms with van der Waals surface area (Å²) in [5.41, 5.74) is 5.37. The largest absolute Gasteiger partial charge is 0.462 e. The third-order valence-corrected chi connectivity index (χ3v) is 2.65. The highest BCUT2D eigenvalue weighted by molar-refractivity contribution is 5.93. The number of rotatable bonds is 3. The Kier molecular flexibility index (Phi) is 4.65. The van der Waals surface area contributed by atoms with Crippen molar-refractivity contribution in [2.24, 2.45) is 0 Å². The molecule has 0 aromatic heterocycles. The lowest BCUT2D eigenvalue weighted by atomic mass is 9.96. The van der Waals surface area contributed by atoms with E-state index < -0.39 is 5.97 Å². The maximum Gasteiger partial charge on any atom is 0.348 e. The Morgan fingerprint density at radius 1 is 1.67 bits per heavy atom. The van der Waals surface area contributed by atoms with Crippen molar-refractivity contribution in [3.8, 4) is 6.07 Å². The first-order valence-electron chi connectivity index (χ1n) is 5.86. The Hall–Kier alpha value is -1.64. The van der Waals surface area contributed by atoms with Gasteiger partial charge in [-0.05, 0) is 26.8 Å². The van der Waals surface area contributed by atoms with E-state index in [4.69, 9.17) is 14.7 Å². The number of carbonyl (C=O) groups excluding carboxylic acids is 1. The fourth-order valence-electron chi connectivity index (χ4n) is 1.72. The van der Waals surface area contributed by atoms with Gasteiger partial charge < -0.3 is 15.2 Å². The molecular weight excluding hydrogens is 232 g/mol. The monoisotopic (exact) mass is 251 g/mol. The average molecular weight is 251 g/mol. The van der Waals surface area contributed by atoms with Gasteiger partial charge in [0.05, 0.1) is 25.2 Å². The smallest absolute Gasteiger partial charge is 0.348 e. The predicted molar refractivity (Wildman–Crippen MR) is 64.9 cm³/mol. The molecule has 0 aromatic carbocycles. The molecule has 5 heteroatoms. The Bertz CT molecular complexity index is 442. The van der Waals surface area contributed by atoms with Crippen LogP contribution in [0.4, 0.5) is 0 Å². The van der Waals surface area contributed by atoms with Crippen LogP contribution in [0.15, 0.2) is 22.9 Å². The molecule has 0 unspecified atom stereocenters. The Labute approximate surface area is 107 Å².